The lowest BCUT2D eigenvalue weighted by Gasteiger charge is -2.35. The van der Waals surface area contributed by atoms with E-state index in [0.29, 0.717) is 6.61 Å². The average molecular weight is 411 g/mol. The molecule has 3 rings (SSSR count). The molecule has 0 N–H and O–H groups in total. The van der Waals surface area contributed by atoms with Gasteiger partial charge >= 0.3 is 5.97 Å². The highest BCUT2D eigenvalue weighted by atomic mass is 19.1. The van der Waals surface area contributed by atoms with Crippen LogP contribution in [0.25, 0.3) is 11.1 Å². The van der Waals surface area contributed by atoms with Crippen molar-refractivity contribution < 1.29 is 13.9 Å². The van der Waals surface area contributed by atoms with E-state index in [2.05, 4.69) is 13.0 Å². The maximum absolute atomic E-state index is 13.7. The minimum atomic E-state index is -0.268. The van der Waals surface area contributed by atoms with E-state index in [1.807, 2.05) is 45.1 Å². The van der Waals surface area contributed by atoms with Crippen molar-refractivity contribution in [2.45, 2.75) is 51.9 Å². The van der Waals surface area contributed by atoms with Crippen LogP contribution in [-0.2, 0) is 14.9 Å². The molecule has 1 aliphatic carbocycles. The van der Waals surface area contributed by atoms with E-state index in [-0.39, 0.29) is 17.2 Å². The second-order valence-corrected chi connectivity index (χ2v) is 8.59. The number of aryl methyl sites for hydroxylation is 1. The zero-order chi connectivity index (χ0) is 21.9. The molecule has 0 radical (unpaired) electrons. The minimum absolute atomic E-state index is 0.163. The smallest absolute Gasteiger partial charge is 0.330 e. The Morgan fingerprint density at radius 1 is 1.30 bits per heavy atom. The molecule has 5 heteroatoms. The fourth-order valence-electron chi connectivity index (χ4n) is 4.36. The van der Waals surface area contributed by atoms with Crippen LogP contribution in [0.4, 0.5) is 10.1 Å². The van der Waals surface area contributed by atoms with E-state index >= 15 is 0 Å². The number of rotatable bonds is 5. The summed E-state index contributed by atoms with van der Waals surface area (Å²) in [7, 11) is 3.98. The van der Waals surface area contributed by atoms with E-state index in [1.54, 1.807) is 12.1 Å². The molecule has 30 heavy (non-hydrogen) atoms. The van der Waals surface area contributed by atoms with Crippen LogP contribution in [0.2, 0.25) is 0 Å². The zero-order valence-corrected chi connectivity index (χ0v) is 18.6. The van der Waals surface area contributed by atoms with Gasteiger partial charge in [-0.05, 0) is 68.9 Å². The van der Waals surface area contributed by atoms with Gasteiger partial charge in [0.05, 0.1) is 18.5 Å². The van der Waals surface area contributed by atoms with Crippen molar-refractivity contribution in [2.75, 3.05) is 25.6 Å². The van der Waals surface area contributed by atoms with E-state index < -0.39 is 0 Å². The van der Waals surface area contributed by atoms with Crippen LogP contribution < -0.4 is 4.90 Å². The van der Waals surface area contributed by atoms with Crippen LogP contribution in [0, 0.1) is 12.7 Å². The standard InChI is InChI=1S/C25H31FN2O2/c1-6-30-24(29)13-18-8-7-11-25(3,15-18)23-14-21(22(16-27-23)28(4)5)20-10-9-19(26)12-17(20)2/h9-10,12-14,16H,6-8,11,15H2,1-5H3/b18-13-. The van der Waals surface area contributed by atoms with Crippen LogP contribution in [0.1, 0.15) is 50.8 Å². The summed E-state index contributed by atoms with van der Waals surface area (Å²) in [6.45, 7) is 6.34. The van der Waals surface area contributed by atoms with Crippen LogP contribution in [0.3, 0.4) is 0 Å². The van der Waals surface area contributed by atoms with Gasteiger partial charge in [0.25, 0.3) is 0 Å². The quantitative estimate of drug-likeness (QED) is 0.476. The number of hydrogen-bond donors (Lipinski definition) is 0. The van der Waals surface area contributed by atoms with Gasteiger partial charge in [-0.1, -0.05) is 18.6 Å². The van der Waals surface area contributed by atoms with Gasteiger partial charge in [-0.25, -0.2) is 9.18 Å². The number of halogens is 1. The number of carbonyl (C=O) groups is 1. The molecule has 160 valence electrons. The molecule has 4 nitrogen and oxygen atoms in total. The summed E-state index contributed by atoms with van der Waals surface area (Å²) in [4.78, 5) is 18.8. The van der Waals surface area contributed by atoms with Gasteiger partial charge in [0.1, 0.15) is 5.82 Å². The third-order valence-corrected chi connectivity index (χ3v) is 5.91. The van der Waals surface area contributed by atoms with Gasteiger partial charge in [-0.3, -0.25) is 4.98 Å². The lowest BCUT2D eigenvalue weighted by atomic mass is 9.70. The molecule has 1 atom stereocenters. The largest absolute Gasteiger partial charge is 0.463 e. The second-order valence-electron chi connectivity index (χ2n) is 8.59. The Balaban J connectivity index is 2.03. The summed E-state index contributed by atoms with van der Waals surface area (Å²) in [5, 5.41) is 0. The Labute approximate surface area is 178 Å². The Hall–Kier alpha value is -2.69. The molecule has 1 heterocycles. The van der Waals surface area contributed by atoms with Gasteiger partial charge in [0, 0.05) is 36.8 Å². The van der Waals surface area contributed by atoms with E-state index in [9.17, 15) is 9.18 Å². The molecule has 0 amide bonds. The number of hydrogen-bond acceptors (Lipinski definition) is 4. The van der Waals surface area contributed by atoms with Crippen LogP contribution in [0.15, 0.2) is 42.1 Å². The van der Waals surface area contributed by atoms with Gasteiger partial charge in [-0.15, -0.1) is 0 Å². The maximum atomic E-state index is 13.7. The van der Waals surface area contributed by atoms with Crippen molar-refractivity contribution in [1.82, 2.24) is 4.98 Å². The number of esters is 1. The van der Waals surface area contributed by atoms with Crippen molar-refractivity contribution in [2.24, 2.45) is 0 Å². The van der Waals surface area contributed by atoms with E-state index in [4.69, 9.17) is 9.72 Å². The van der Waals surface area contributed by atoms with Crippen molar-refractivity contribution in [3.8, 4) is 11.1 Å². The molecule has 1 aromatic carbocycles. The topological polar surface area (TPSA) is 42.4 Å². The molecule has 0 saturated heterocycles. The summed E-state index contributed by atoms with van der Waals surface area (Å²) >= 11 is 0. The molecule has 1 saturated carbocycles. The number of pyridine rings is 1. The molecule has 1 fully saturated rings. The fraction of sp³-hybridized carbons (Fsp3) is 0.440. The number of nitrogens with zero attached hydrogens (tertiary/aromatic N) is 2. The third-order valence-electron chi connectivity index (χ3n) is 5.91. The maximum Gasteiger partial charge on any atom is 0.330 e. The number of aromatic nitrogens is 1. The fourth-order valence-corrected chi connectivity index (χ4v) is 4.36. The van der Waals surface area contributed by atoms with E-state index in [0.717, 1.165) is 59.3 Å². The summed E-state index contributed by atoms with van der Waals surface area (Å²) in [6, 6.07) is 7.05. The van der Waals surface area contributed by atoms with Crippen LogP contribution in [0.5, 0.6) is 0 Å². The molecule has 0 spiro atoms. The number of benzene rings is 1. The Bertz CT molecular complexity index is 968. The Kier molecular flexibility index (Phi) is 6.59. The second kappa shape index (κ2) is 8.99. The van der Waals surface area contributed by atoms with E-state index in [1.165, 1.54) is 6.07 Å². The number of ether oxygens (including phenoxy) is 1. The first-order chi connectivity index (χ1) is 14.2. The molecule has 1 unspecified atom stereocenters. The summed E-state index contributed by atoms with van der Waals surface area (Å²) in [5.74, 6) is -0.500. The molecular formula is C25H31FN2O2. The van der Waals surface area contributed by atoms with Gasteiger partial charge in [-0.2, -0.15) is 0 Å². The summed E-state index contributed by atoms with van der Waals surface area (Å²) in [5.41, 5.74) is 5.89. The lowest BCUT2D eigenvalue weighted by molar-refractivity contribution is -0.137. The van der Waals surface area contributed by atoms with Crippen molar-refractivity contribution >= 4 is 11.7 Å². The predicted octanol–water partition coefficient (Wildman–Crippen LogP) is 5.58. The normalized spacial score (nSPS) is 20.3. The average Bonchev–Trinajstić information content (AvgIpc) is 2.67. The van der Waals surface area contributed by atoms with Crippen molar-refractivity contribution in [3.05, 3.63) is 59.2 Å². The zero-order valence-electron chi connectivity index (χ0n) is 18.6. The first-order valence-corrected chi connectivity index (χ1v) is 10.5. The third kappa shape index (κ3) is 4.72. The van der Waals surface area contributed by atoms with Crippen LogP contribution in [-0.4, -0.2) is 31.7 Å². The Morgan fingerprint density at radius 3 is 2.73 bits per heavy atom. The van der Waals surface area contributed by atoms with Gasteiger partial charge in [0.15, 0.2) is 0 Å². The highest BCUT2D eigenvalue weighted by Gasteiger charge is 2.33. The van der Waals surface area contributed by atoms with Gasteiger partial charge in [0.2, 0.25) is 0 Å². The first kappa shape index (κ1) is 22.0. The molecule has 2 aromatic rings. The van der Waals surface area contributed by atoms with Gasteiger partial charge < -0.3 is 9.64 Å². The van der Waals surface area contributed by atoms with Crippen molar-refractivity contribution in [3.63, 3.8) is 0 Å². The monoisotopic (exact) mass is 410 g/mol. The van der Waals surface area contributed by atoms with Crippen LogP contribution >= 0.6 is 0 Å². The number of allylic oxidation sites excluding steroid dienone is 1. The molecule has 1 aliphatic rings. The molecule has 1 aromatic heterocycles. The lowest BCUT2D eigenvalue weighted by Crippen LogP contribution is -2.28. The molecule has 0 bridgehead atoms. The highest BCUT2D eigenvalue weighted by Crippen LogP contribution is 2.43. The predicted molar refractivity (Wildman–Crippen MR) is 119 cm³/mol. The SMILES string of the molecule is CCOC(=O)/C=C1/CCCC(C)(c2cc(-c3ccc(F)cc3C)c(N(C)C)cn2)C1. The Morgan fingerprint density at radius 2 is 2.07 bits per heavy atom. The summed E-state index contributed by atoms with van der Waals surface area (Å²) < 4.78 is 18.8. The molecule has 0 aliphatic heterocycles. The van der Waals surface area contributed by atoms with Crippen molar-refractivity contribution in [1.29, 1.82) is 0 Å². The number of anilines is 1. The number of carbonyl (C=O) groups excluding carboxylic acids is 1. The highest BCUT2D eigenvalue weighted by molar-refractivity contribution is 5.83. The first-order valence-electron chi connectivity index (χ1n) is 10.5. The summed E-state index contributed by atoms with van der Waals surface area (Å²) in [6.07, 6.45) is 7.26. The minimum Gasteiger partial charge on any atom is -0.463 e. The molecular weight excluding hydrogens is 379 g/mol.